The van der Waals surface area contributed by atoms with Crippen LogP contribution in [0, 0.1) is 5.92 Å². The van der Waals surface area contributed by atoms with Gasteiger partial charge in [0.05, 0.1) is 0 Å². The Morgan fingerprint density at radius 2 is 2.14 bits per heavy atom. The molecular weight excluding hydrogens is 172 g/mol. The first kappa shape index (κ1) is 12.0. The zero-order valence-electron chi connectivity index (χ0n) is 9.76. The van der Waals surface area contributed by atoms with Gasteiger partial charge >= 0.3 is 0 Å². The van der Waals surface area contributed by atoms with E-state index in [0.717, 1.165) is 5.92 Å². The lowest BCUT2D eigenvalue weighted by atomic mass is 9.91. The largest absolute Gasteiger partial charge is 0.328 e. The summed E-state index contributed by atoms with van der Waals surface area (Å²) in [5.41, 5.74) is 5.94. The summed E-state index contributed by atoms with van der Waals surface area (Å²) in [6.45, 7) is 5.75. The van der Waals surface area contributed by atoms with Crippen LogP contribution in [0.3, 0.4) is 0 Å². The van der Waals surface area contributed by atoms with E-state index in [-0.39, 0.29) is 0 Å². The molecule has 0 aromatic rings. The monoisotopic (exact) mass is 198 g/mol. The SMILES string of the molecule is CC(C)CCCNC1CCCC(N)C1. The van der Waals surface area contributed by atoms with Crippen LogP contribution in [0.1, 0.15) is 52.4 Å². The number of nitrogens with two attached hydrogens (primary N) is 1. The predicted molar refractivity (Wildman–Crippen MR) is 62.3 cm³/mol. The van der Waals surface area contributed by atoms with Crippen LogP contribution in [0.2, 0.25) is 0 Å². The zero-order valence-corrected chi connectivity index (χ0v) is 9.76. The highest BCUT2D eigenvalue weighted by Crippen LogP contribution is 2.16. The highest BCUT2D eigenvalue weighted by atomic mass is 14.9. The molecule has 0 aromatic carbocycles. The Bertz CT molecular complexity index is 145. The minimum absolute atomic E-state index is 0.450. The maximum Gasteiger partial charge on any atom is 0.00818 e. The molecule has 0 bridgehead atoms. The van der Waals surface area contributed by atoms with Gasteiger partial charge in [0.15, 0.2) is 0 Å². The fourth-order valence-electron chi connectivity index (χ4n) is 2.23. The van der Waals surface area contributed by atoms with Crippen molar-refractivity contribution in [1.29, 1.82) is 0 Å². The van der Waals surface area contributed by atoms with Crippen LogP contribution in [0.4, 0.5) is 0 Å². The maximum absolute atomic E-state index is 5.94. The molecule has 0 heterocycles. The molecular formula is C12H26N2. The molecule has 2 nitrogen and oxygen atoms in total. The predicted octanol–water partition coefficient (Wildman–Crippen LogP) is 2.28. The molecule has 2 atom stereocenters. The fraction of sp³-hybridized carbons (Fsp3) is 1.00. The Balaban J connectivity index is 2.00. The van der Waals surface area contributed by atoms with E-state index in [0.29, 0.717) is 12.1 Å². The molecule has 0 saturated heterocycles. The maximum atomic E-state index is 5.94. The molecule has 2 heteroatoms. The summed E-state index contributed by atoms with van der Waals surface area (Å²) >= 11 is 0. The molecule has 1 fully saturated rings. The Hall–Kier alpha value is -0.0800. The van der Waals surface area contributed by atoms with Crippen molar-refractivity contribution in [3.05, 3.63) is 0 Å². The summed E-state index contributed by atoms with van der Waals surface area (Å²) in [5, 5.41) is 3.63. The van der Waals surface area contributed by atoms with Gasteiger partial charge in [-0.2, -0.15) is 0 Å². The quantitative estimate of drug-likeness (QED) is 0.665. The molecule has 1 aliphatic carbocycles. The fourth-order valence-corrected chi connectivity index (χ4v) is 2.23. The second-order valence-corrected chi connectivity index (χ2v) is 5.11. The number of rotatable bonds is 5. The van der Waals surface area contributed by atoms with Gasteiger partial charge in [-0.05, 0) is 44.6 Å². The minimum Gasteiger partial charge on any atom is -0.328 e. The molecule has 3 N–H and O–H groups in total. The second-order valence-electron chi connectivity index (χ2n) is 5.11. The first-order valence-electron chi connectivity index (χ1n) is 6.17. The van der Waals surface area contributed by atoms with E-state index in [9.17, 15) is 0 Å². The molecule has 0 aliphatic heterocycles. The third-order valence-electron chi connectivity index (χ3n) is 3.11. The third kappa shape index (κ3) is 4.97. The van der Waals surface area contributed by atoms with Gasteiger partial charge in [-0.3, -0.25) is 0 Å². The van der Waals surface area contributed by atoms with E-state index >= 15 is 0 Å². The Morgan fingerprint density at radius 1 is 1.36 bits per heavy atom. The smallest absolute Gasteiger partial charge is 0.00818 e. The summed E-state index contributed by atoms with van der Waals surface area (Å²) in [7, 11) is 0. The van der Waals surface area contributed by atoms with E-state index in [4.69, 9.17) is 5.73 Å². The highest BCUT2D eigenvalue weighted by molar-refractivity contribution is 4.79. The van der Waals surface area contributed by atoms with Crippen molar-refractivity contribution in [3.8, 4) is 0 Å². The van der Waals surface area contributed by atoms with Crippen LogP contribution < -0.4 is 11.1 Å². The van der Waals surface area contributed by atoms with Gasteiger partial charge in [0, 0.05) is 12.1 Å². The zero-order chi connectivity index (χ0) is 10.4. The van der Waals surface area contributed by atoms with Crippen molar-refractivity contribution >= 4 is 0 Å². The molecule has 0 amide bonds. The Morgan fingerprint density at radius 3 is 2.79 bits per heavy atom. The van der Waals surface area contributed by atoms with E-state index < -0.39 is 0 Å². The first-order valence-corrected chi connectivity index (χ1v) is 6.17. The molecule has 1 rings (SSSR count). The van der Waals surface area contributed by atoms with Crippen molar-refractivity contribution in [2.45, 2.75) is 64.5 Å². The third-order valence-corrected chi connectivity index (χ3v) is 3.11. The molecule has 1 saturated carbocycles. The summed E-state index contributed by atoms with van der Waals surface area (Å²) in [6.07, 6.45) is 7.69. The molecule has 1 aliphatic rings. The van der Waals surface area contributed by atoms with Crippen molar-refractivity contribution < 1.29 is 0 Å². The Labute approximate surface area is 88.6 Å². The summed E-state index contributed by atoms with van der Waals surface area (Å²) < 4.78 is 0. The normalized spacial score (nSPS) is 28.3. The van der Waals surface area contributed by atoms with Gasteiger partial charge in [0.25, 0.3) is 0 Å². The highest BCUT2D eigenvalue weighted by Gasteiger charge is 2.17. The lowest BCUT2D eigenvalue weighted by Crippen LogP contribution is -2.39. The molecule has 14 heavy (non-hydrogen) atoms. The number of nitrogens with one attached hydrogen (secondary N) is 1. The molecule has 2 unspecified atom stereocenters. The minimum atomic E-state index is 0.450. The molecule has 0 radical (unpaired) electrons. The van der Waals surface area contributed by atoms with E-state index in [1.165, 1.54) is 45.1 Å². The Kier molecular flexibility index (Phi) is 5.49. The topological polar surface area (TPSA) is 38.0 Å². The first-order chi connectivity index (χ1) is 6.68. The molecule has 0 spiro atoms. The van der Waals surface area contributed by atoms with Crippen molar-refractivity contribution in [2.24, 2.45) is 11.7 Å². The van der Waals surface area contributed by atoms with Crippen LogP contribution >= 0.6 is 0 Å². The van der Waals surface area contributed by atoms with Gasteiger partial charge in [-0.15, -0.1) is 0 Å². The number of hydrogen-bond donors (Lipinski definition) is 2. The van der Waals surface area contributed by atoms with Crippen LogP contribution in [0.25, 0.3) is 0 Å². The van der Waals surface area contributed by atoms with Crippen LogP contribution in [0.15, 0.2) is 0 Å². The van der Waals surface area contributed by atoms with Crippen LogP contribution in [-0.2, 0) is 0 Å². The summed E-state index contributed by atoms with van der Waals surface area (Å²) in [5.74, 6) is 0.838. The lowest BCUT2D eigenvalue weighted by molar-refractivity contribution is 0.335. The van der Waals surface area contributed by atoms with Crippen LogP contribution in [-0.4, -0.2) is 18.6 Å². The van der Waals surface area contributed by atoms with E-state index in [2.05, 4.69) is 19.2 Å². The van der Waals surface area contributed by atoms with Crippen LogP contribution in [0.5, 0.6) is 0 Å². The van der Waals surface area contributed by atoms with E-state index in [1.807, 2.05) is 0 Å². The average Bonchev–Trinajstić information content (AvgIpc) is 2.12. The lowest BCUT2D eigenvalue weighted by Gasteiger charge is -2.27. The van der Waals surface area contributed by atoms with Crippen molar-refractivity contribution in [3.63, 3.8) is 0 Å². The van der Waals surface area contributed by atoms with E-state index in [1.54, 1.807) is 0 Å². The van der Waals surface area contributed by atoms with Gasteiger partial charge in [0.2, 0.25) is 0 Å². The van der Waals surface area contributed by atoms with Gasteiger partial charge < -0.3 is 11.1 Å². The second kappa shape index (κ2) is 6.41. The summed E-state index contributed by atoms with van der Waals surface area (Å²) in [4.78, 5) is 0. The number of hydrogen-bond acceptors (Lipinski definition) is 2. The standard InChI is InChI=1S/C12H26N2/c1-10(2)5-4-8-14-12-7-3-6-11(13)9-12/h10-12,14H,3-9,13H2,1-2H3. The van der Waals surface area contributed by atoms with Gasteiger partial charge in [-0.25, -0.2) is 0 Å². The van der Waals surface area contributed by atoms with Gasteiger partial charge in [-0.1, -0.05) is 20.3 Å². The summed E-state index contributed by atoms with van der Waals surface area (Å²) in [6, 6.07) is 1.15. The van der Waals surface area contributed by atoms with Crippen molar-refractivity contribution in [2.75, 3.05) is 6.54 Å². The molecule has 84 valence electrons. The molecule has 0 aromatic heterocycles. The van der Waals surface area contributed by atoms with Crippen molar-refractivity contribution in [1.82, 2.24) is 5.32 Å². The van der Waals surface area contributed by atoms with Gasteiger partial charge in [0.1, 0.15) is 0 Å². The average molecular weight is 198 g/mol.